The van der Waals surface area contributed by atoms with Crippen LogP contribution < -0.4 is 14.7 Å². The van der Waals surface area contributed by atoms with E-state index in [4.69, 9.17) is 0 Å². The third-order valence-electron chi connectivity index (χ3n) is 6.11. The molecule has 1 atom stereocenters. The van der Waals surface area contributed by atoms with Crippen molar-refractivity contribution >= 4 is 29.5 Å². The number of hydrogen-bond acceptors (Lipinski definition) is 6. The van der Waals surface area contributed by atoms with Crippen LogP contribution in [-0.4, -0.2) is 66.6 Å². The first kappa shape index (κ1) is 20.9. The van der Waals surface area contributed by atoms with Crippen molar-refractivity contribution in [3.8, 4) is 11.4 Å². The molecule has 0 bridgehead atoms. The van der Waals surface area contributed by atoms with E-state index in [1.165, 1.54) is 11.0 Å². The number of amides is 2. The molecule has 1 unspecified atom stereocenters. The molecule has 9 heteroatoms. The van der Waals surface area contributed by atoms with Crippen LogP contribution in [0.15, 0.2) is 60.8 Å². The second-order valence-electron chi connectivity index (χ2n) is 8.01. The number of urea groups is 1. The van der Waals surface area contributed by atoms with Gasteiger partial charge in [0, 0.05) is 38.8 Å². The number of nitrogens with zero attached hydrogens (tertiary/aromatic N) is 6. The topological polar surface area (TPSA) is 72.9 Å². The highest BCUT2D eigenvalue weighted by molar-refractivity contribution is 6.03. The summed E-state index contributed by atoms with van der Waals surface area (Å²) in [4.78, 5) is 41.2. The summed E-state index contributed by atoms with van der Waals surface area (Å²) >= 11 is 0. The van der Waals surface area contributed by atoms with E-state index in [0.29, 0.717) is 49.2 Å². The van der Waals surface area contributed by atoms with Gasteiger partial charge >= 0.3 is 6.03 Å². The molecule has 0 aliphatic carbocycles. The van der Waals surface area contributed by atoms with Gasteiger partial charge in [0.05, 0.1) is 11.9 Å². The molecule has 1 fully saturated rings. The fraction of sp³-hybridized carbons (Fsp3) is 0.250. The van der Waals surface area contributed by atoms with Crippen LogP contribution in [0.25, 0.3) is 11.4 Å². The number of aromatic nitrogens is 2. The van der Waals surface area contributed by atoms with Crippen molar-refractivity contribution in [2.45, 2.75) is 6.17 Å². The Bertz CT molecular complexity index is 1180. The molecule has 5 rings (SSSR count). The van der Waals surface area contributed by atoms with Crippen LogP contribution in [0.3, 0.4) is 0 Å². The second kappa shape index (κ2) is 8.50. The monoisotopic (exact) mass is 446 g/mol. The maximum atomic E-state index is 14.1. The lowest BCUT2D eigenvalue weighted by Gasteiger charge is -2.38. The Morgan fingerprint density at radius 2 is 1.70 bits per heavy atom. The van der Waals surface area contributed by atoms with Gasteiger partial charge in [-0.1, -0.05) is 42.5 Å². The summed E-state index contributed by atoms with van der Waals surface area (Å²) in [5.74, 6) is 0.776. The zero-order valence-electron chi connectivity index (χ0n) is 18.1. The highest BCUT2D eigenvalue weighted by Gasteiger charge is 2.41. The molecule has 0 radical (unpaired) electrons. The molecule has 2 aliphatic rings. The van der Waals surface area contributed by atoms with Crippen LogP contribution in [0.4, 0.5) is 26.4 Å². The summed E-state index contributed by atoms with van der Waals surface area (Å²) in [7, 11) is 1.74. The molecule has 0 N–H and O–H groups in total. The summed E-state index contributed by atoms with van der Waals surface area (Å²) in [5.41, 5.74) is 1.88. The Labute approximate surface area is 190 Å². The largest absolute Gasteiger partial charge is 0.366 e. The lowest BCUT2D eigenvalue weighted by molar-refractivity contribution is -0.108. The number of aldehydes is 1. The van der Waals surface area contributed by atoms with Gasteiger partial charge < -0.3 is 14.7 Å². The average Bonchev–Trinajstić information content (AvgIpc) is 3.15. The molecule has 3 heterocycles. The van der Waals surface area contributed by atoms with E-state index in [-0.39, 0.29) is 11.8 Å². The van der Waals surface area contributed by atoms with Crippen molar-refractivity contribution in [1.82, 2.24) is 14.9 Å². The van der Waals surface area contributed by atoms with Gasteiger partial charge in [-0.3, -0.25) is 9.69 Å². The van der Waals surface area contributed by atoms with Crippen molar-refractivity contribution < 1.29 is 14.0 Å². The van der Waals surface area contributed by atoms with Gasteiger partial charge in [0.2, 0.25) is 0 Å². The van der Waals surface area contributed by atoms with Gasteiger partial charge in [-0.15, -0.1) is 0 Å². The molecular formula is C24H23FN6O2. The summed E-state index contributed by atoms with van der Waals surface area (Å²) in [6.45, 7) is 1.82. The highest BCUT2D eigenvalue weighted by Crippen LogP contribution is 2.38. The number of carbonyl (C=O) groups excluding carboxylic acids is 2. The van der Waals surface area contributed by atoms with Gasteiger partial charge in [-0.25, -0.2) is 19.2 Å². The number of anilines is 3. The molecule has 2 aromatic carbocycles. The predicted molar refractivity (Wildman–Crippen MR) is 124 cm³/mol. The number of benzene rings is 2. The minimum atomic E-state index is -0.808. The van der Waals surface area contributed by atoms with Crippen LogP contribution in [0, 0.1) is 5.82 Å². The van der Waals surface area contributed by atoms with E-state index in [1.54, 1.807) is 41.2 Å². The summed E-state index contributed by atoms with van der Waals surface area (Å²) in [6, 6.07) is 15.9. The maximum Gasteiger partial charge on any atom is 0.326 e. The van der Waals surface area contributed by atoms with E-state index in [9.17, 15) is 14.0 Å². The molecule has 168 valence electrons. The maximum absolute atomic E-state index is 14.1. The number of halogens is 1. The van der Waals surface area contributed by atoms with Crippen LogP contribution in [0.2, 0.25) is 0 Å². The van der Waals surface area contributed by atoms with E-state index in [0.717, 1.165) is 11.8 Å². The molecule has 0 spiro atoms. The van der Waals surface area contributed by atoms with E-state index >= 15 is 0 Å². The van der Waals surface area contributed by atoms with Crippen molar-refractivity contribution in [3.05, 3.63) is 66.6 Å². The summed E-state index contributed by atoms with van der Waals surface area (Å²) in [5, 5.41) is 0. The standard InChI is InChI=1S/C24H23FN6O2/c1-28-21(16-32)31(20-15-26-22(27-23(20)28)17-7-3-2-4-8-17)24(33)30-13-11-29(12-14-30)19-10-6-5-9-18(19)25/h2-10,15-16,21H,11-14H2,1H3. The molecule has 2 amide bonds. The number of para-hydroxylation sites is 1. The summed E-state index contributed by atoms with van der Waals surface area (Å²) < 4.78 is 14.1. The normalized spacial score (nSPS) is 17.8. The molecule has 1 aromatic heterocycles. The zero-order chi connectivity index (χ0) is 22.9. The smallest absolute Gasteiger partial charge is 0.326 e. The van der Waals surface area contributed by atoms with Crippen LogP contribution in [-0.2, 0) is 4.79 Å². The zero-order valence-corrected chi connectivity index (χ0v) is 18.1. The number of fused-ring (bicyclic) bond motifs is 1. The summed E-state index contributed by atoms with van der Waals surface area (Å²) in [6.07, 6.45) is 1.52. The van der Waals surface area contributed by atoms with Crippen LogP contribution in [0.1, 0.15) is 0 Å². The Kier molecular flexibility index (Phi) is 5.37. The van der Waals surface area contributed by atoms with Crippen molar-refractivity contribution in [3.63, 3.8) is 0 Å². The fourth-order valence-corrected chi connectivity index (χ4v) is 4.33. The van der Waals surface area contributed by atoms with Crippen LogP contribution in [0.5, 0.6) is 0 Å². The molecule has 33 heavy (non-hydrogen) atoms. The number of likely N-dealkylation sites (N-methyl/N-ethyl adjacent to an activating group) is 1. The number of hydrogen-bond donors (Lipinski definition) is 0. The Morgan fingerprint density at radius 1 is 1.00 bits per heavy atom. The fourth-order valence-electron chi connectivity index (χ4n) is 4.33. The van der Waals surface area contributed by atoms with E-state index in [2.05, 4.69) is 9.97 Å². The lowest BCUT2D eigenvalue weighted by atomic mass is 10.2. The predicted octanol–water partition coefficient (Wildman–Crippen LogP) is 3.01. The van der Waals surface area contributed by atoms with Crippen molar-refractivity contribution in [1.29, 1.82) is 0 Å². The van der Waals surface area contributed by atoms with Gasteiger partial charge in [-0.05, 0) is 12.1 Å². The Morgan fingerprint density at radius 3 is 2.39 bits per heavy atom. The Balaban J connectivity index is 1.38. The number of carbonyl (C=O) groups is 2. The molecule has 3 aromatic rings. The molecule has 1 saturated heterocycles. The third kappa shape index (κ3) is 3.65. The average molecular weight is 446 g/mol. The first-order chi connectivity index (χ1) is 16.1. The van der Waals surface area contributed by atoms with Crippen molar-refractivity contribution in [2.24, 2.45) is 0 Å². The lowest BCUT2D eigenvalue weighted by Crippen LogP contribution is -2.56. The van der Waals surface area contributed by atoms with Crippen LogP contribution >= 0.6 is 0 Å². The molecule has 2 aliphatic heterocycles. The number of rotatable bonds is 3. The van der Waals surface area contributed by atoms with Gasteiger partial charge in [0.25, 0.3) is 0 Å². The molecule has 8 nitrogen and oxygen atoms in total. The molecular weight excluding hydrogens is 423 g/mol. The van der Waals surface area contributed by atoms with Crippen molar-refractivity contribution in [2.75, 3.05) is 47.9 Å². The first-order valence-corrected chi connectivity index (χ1v) is 10.8. The third-order valence-corrected chi connectivity index (χ3v) is 6.11. The second-order valence-corrected chi connectivity index (χ2v) is 8.01. The Hall–Kier alpha value is -4.01. The first-order valence-electron chi connectivity index (χ1n) is 10.8. The minimum absolute atomic E-state index is 0.278. The SMILES string of the molecule is CN1c2nc(-c3ccccc3)ncc2N(C(=O)N2CCN(c3ccccc3F)CC2)C1C=O. The van der Waals surface area contributed by atoms with Gasteiger partial charge in [0.1, 0.15) is 11.5 Å². The van der Waals surface area contributed by atoms with Gasteiger partial charge in [-0.2, -0.15) is 0 Å². The van der Waals surface area contributed by atoms with Gasteiger partial charge in [0.15, 0.2) is 24.1 Å². The van der Waals surface area contributed by atoms with E-state index in [1.807, 2.05) is 35.2 Å². The number of piperazine rings is 1. The highest BCUT2D eigenvalue weighted by atomic mass is 19.1. The minimum Gasteiger partial charge on any atom is -0.366 e. The quantitative estimate of drug-likeness (QED) is 0.576. The van der Waals surface area contributed by atoms with E-state index < -0.39 is 6.17 Å². The molecule has 0 saturated carbocycles.